The second kappa shape index (κ2) is 5.67. The van der Waals surface area contributed by atoms with Gasteiger partial charge in [0.05, 0.1) is 11.3 Å². The second-order valence-corrected chi connectivity index (χ2v) is 4.13. The first kappa shape index (κ1) is 12.6. The Labute approximate surface area is 105 Å². The molecular weight excluding hydrogens is 234 g/mol. The smallest absolute Gasteiger partial charge is 0.224 e. The fraction of sp³-hybridized carbons (Fsp3) is 0.286. The lowest BCUT2D eigenvalue weighted by atomic mass is 10.1. The quantitative estimate of drug-likeness (QED) is 0.770. The Morgan fingerprint density at radius 2 is 2.00 bits per heavy atom. The minimum atomic E-state index is -0.824. The lowest BCUT2D eigenvalue weighted by molar-refractivity contribution is 0.515. The monoisotopic (exact) mass is 248 g/mol. The van der Waals surface area contributed by atoms with Crippen LogP contribution in [0.2, 0.25) is 0 Å². The van der Waals surface area contributed by atoms with Crippen molar-refractivity contribution < 1.29 is 8.78 Å². The van der Waals surface area contributed by atoms with Gasteiger partial charge >= 0.3 is 0 Å². The minimum Gasteiger partial charge on any atom is -0.256 e. The SMILES string of the molecule is CCCCc1ccnc(-c2ccc(F)nc2F)c1. The van der Waals surface area contributed by atoms with Gasteiger partial charge in [-0.15, -0.1) is 0 Å². The maximum absolute atomic E-state index is 13.5. The highest BCUT2D eigenvalue weighted by Crippen LogP contribution is 2.21. The van der Waals surface area contributed by atoms with E-state index in [4.69, 9.17) is 0 Å². The van der Waals surface area contributed by atoms with Crippen molar-refractivity contribution in [3.05, 3.63) is 47.9 Å². The molecule has 0 fully saturated rings. The fourth-order valence-electron chi connectivity index (χ4n) is 1.76. The summed E-state index contributed by atoms with van der Waals surface area (Å²) < 4.78 is 26.3. The first-order chi connectivity index (χ1) is 8.70. The number of aromatic nitrogens is 2. The molecule has 2 heterocycles. The number of hydrogen-bond donors (Lipinski definition) is 0. The van der Waals surface area contributed by atoms with Crippen molar-refractivity contribution in [1.82, 2.24) is 9.97 Å². The Bertz CT molecular complexity index is 541. The van der Waals surface area contributed by atoms with E-state index in [-0.39, 0.29) is 5.56 Å². The Hall–Kier alpha value is -1.84. The molecule has 0 saturated carbocycles. The zero-order valence-corrected chi connectivity index (χ0v) is 10.2. The fourth-order valence-corrected chi connectivity index (χ4v) is 1.76. The zero-order chi connectivity index (χ0) is 13.0. The lowest BCUT2D eigenvalue weighted by Gasteiger charge is -2.05. The van der Waals surface area contributed by atoms with Crippen LogP contribution in [-0.2, 0) is 6.42 Å². The van der Waals surface area contributed by atoms with Crippen molar-refractivity contribution in [3.63, 3.8) is 0 Å². The van der Waals surface area contributed by atoms with Gasteiger partial charge in [-0.25, -0.2) is 0 Å². The average molecular weight is 248 g/mol. The molecule has 2 aromatic rings. The number of pyridine rings is 2. The highest BCUT2D eigenvalue weighted by atomic mass is 19.1. The maximum Gasteiger partial charge on any atom is 0.224 e. The van der Waals surface area contributed by atoms with Crippen molar-refractivity contribution in [1.29, 1.82) is 0 Å². The van der Waals surface area contributed by atoms with Gasteiger partial charge in [0, 0.05) is 6.20 Å². The molecule has 0 saturated heterocycles. The molecule has 0 radical (unpaired) electrons. The van der Waals surface area contributed by atoms with Gasteiger partial charge in [-0.1, -0.05) is 13.3 Å². The standard InChI is InChI=1S/C14H14F2N2/c1-2-3-4-10-7-8-17-12(9-10)11-5-6-13(15)18-14(11)16/h5-9H,2-4H2,1H3. The lowest BCUT2D eigenvalue weighted by Crippen LogP contribution is -1.95. The van der Waals surface area contributed by atoms with Crippen molar-refractivity contribution in [2.45, 2.75) is 26.2 Å². The normalized spacial score (nSPS) is 10.6. The summed E-state index contributed by atoms with van der Waals surface area (Å²) in [5, 5.41) is 0. The van der Waals surface area contributed by atoms with Crippen LogP contribution in [0.3, 0.4) is 0 Å². The minimum absolute atomic E-state index is 0.231. The molecule has 0 bridgehead atoms. The topological polar surface area (TPSA) is 25.8 Å². The molecular formula is C14H14F2N2. The van der Waals surface area contributed by atoms with Gasteiger partial charge in [-0.05, 0) is 42.7 Å². The van der Waals surface area contributed by atoms with Crippen LogP contribution in [0.5, 0.6) is 0 Å². The summed E-state index contributed by atoms with van der Waals surface area (Å²) >= 11 is 0. The Balaban J connectivity index is 2.32. The number of unbranched alkanes of at least 4 members (excludes halogenated alkanes) is 1. The van der Waals surface area contributed by atoms with Gasteiger partial charge < -0.3 is 0 Å². The Kier molecular flexibility index (Phi) is 3.97. The predicted octanol–water partition coefficient (Wildman–Crippen LogP) is 3.76. The Morgan fingerprint density at radius 3 is 2.72 bits per heavy atom. The van der Waals surface area contributed by atoms with Crippen molar-refractivity contribution in [3.8, 4) is 11.3 Å². The first-order valence-electron chi connectivity index (χ1n) is 5.98. The molecule has 0 atom stereocenters. The molecule has 0 N–H and O–H groups in total. The summed E-state index contributed by atoms with van der Waals surface area (Å²) in [7, 11) is 0. The van der Waals surface area contributed by atoms with E-state index in [1.54, 1.807) is 6.20 Å². The first-order valence-corrected chi connectivity index (χ1v) is 5.98. The van der Waals surface area contributed by atoms with Crippen LogP contribution in [0.1, 0.15) is 25.3 Å². The van der Waals surface area contributed by atoms with Crippen molar-refractivity contribution in [2.75, 3.05) is 0 Å². The van der Waals surface area contributed by atoms with Crippen molar-refractivity contribution >= 4 is 0 Å². The molecule has 2 aromatic heterocycles. The Morgan fingerprint density at radius 1 is 1.17 bits per heavy atom. The molecule has 0 unspecified atom stereocenters. The summed E-state index contributed by atoms with van der Waals surface area (Å²) in [6.07, 6.45) is 4.75. The maximum atomic E-state index is 13.5. The highest BCUT2D eigenvalue weighted by Gasteiger charge is 2.09. The van der Waals surface area contributed by atoms with Gasteiger partial charge in [0.2, 0.25) is 11.9 Å². The molecule has 94 valence electrons. The molecule has 0 spiro atoms. The van der Waals surface area contributed by atoms with E-state index in [0.29, 0.717) is 5.69 Å². The zero-order valence-electron chi connectivity index (χ0n) is 10.2. The molecule has 0 aromatic carbocycles. The third kappa shape index (κ3) is 2.88. The molecule has 0 amide bonds. The van der Waals surface area contributed by atoms with E-state index >= 15 is 0 Å². The molecule has 18 heavy (non-hydrogen) atoms. The third-order valence-electron chi connectivity index (χ3n) is 2.73. The molecule has 2 rings (SSSR count). The summed E-state index contributed by atoms with van der Waals surface area (Å²) in [5.74, 6) is -1.64. The molecule has 0 aliphatic rings. The number of nitrogens with zero attached hydrogens (tertiary/aromatic N) is 2. The van der Waals surface area contributed by atoms with E-state index in [1.165, 1.54) is 6.07 Å². The number of rotatable bonds is 4. The van der Waals surface area contributed by atoms with Gasteiger partial charge in [-0.2, -0.15) is 13.8 Å². The van der Waals surface area contributed by atoms with E-state index in [0.717, 1.165) is 30.9 Å². The van der Waals surface area contributed by atoms with Crippen LogP contribution in [0.25, 0.3) is 11.3 Å². The second-order valence-electron chi connectivity index (χ2n) is 4.13. The number of hydrogen-bond acceptors (Lipinski definition) is 2. The van der Waals surface area contributed by atoms with E-state index in [9.17, 15) is 8.78 Å². The summed E-state index contributed by atoms with van der Waals surface area (Å²) in [5.41, 5.74) is 1.83. The van der Waals surface area contributed by atoms with Gasteiger partial charge in [0.15, 0.2) is 0 Å². The molecule has 0 aliphatic carbocycles. The largest absolute Gasteiger partial charge is 0.256 e. The van der Waals surface area contributed by atoms with Crippen molar-refractivity contribution in [2.24, 2.45) is 0 Å². The van der Waals surface area contributed by atoms with Gasteiger partial charge in [0.25, 0.3) is 0 Å². The molecule has 0 aliphatic heterocycles. The van der Waals surface area contributed by atoms with Crippen LogP contribution in [0.15, 0.2) is 30.5 Å². The van der Waals surface area contributed by atoms with Crippen LogP contribution in [0.4, 0.5) is 8.78 Å². The predicted molar refractivity (Wildman–Crippen MR) is 66.0 cm³/mol. The van der Waals surface area contributed by atoms with Gasteiger partial charge in [0.1, 0.15) is 0 Å². The van der Waals surface area contributed by atoms with Crippen LogP contribution >= 0.6 is 0 Å². The number of aryl methyl sites for hydroxylation is 1. The highest BCUT2D eigenvalue weighted by molar-refractivity contribution is 5.59. The third-order valence-corrected chi connectivity index (χ3v) is 2.73. The van der Waals surface area contributed by atoms with Crippen LogP contribution in [0, 0.1) is 11.9 Å². The summed E-state index contributed by atoms with van der Waals surface area (Å²) in [4.78, 5) is 7.27. The van der Waals surface area contributed by atoms with E-state index in [2.05, 4.69) is 16.9 Å². The molecule has 4 heteroatoms. The van der Waals surface area contributed by atoms with E-state index in [1.807, 2.05) is 12.1 Å². The molecule has 2 nitrogen and oxygen atoms in total. The van der Waals surface area contributed by atoms with Crippen LogP contribution < -0.4 is 0 Å². The van der Waals surface area contributed by atoms with Gasteiger partial charge in [-0.3, -0.25) is 4.98 Å². The van der Waals surface area contributed by atoms with E-state index < -0.39 is 11.9 Å². The van der Waals surface area contributed by atoms with Crippen LogP contribution in [-0.4, -0.2) is 9.97 Å². The number of halogens is 2. The summed E-state index contributed by atoms with van der Waals surface area (Å²) in [6, 6.07) is 6.24. The average Bonchev–Trinajstić information content (AvgIpc) is 2.36. The summed E-state index contributed by atoms with van der Waals surface area (Å²) in [6.45, 7) is 2.12.